The highest BCUT2D eigenvalue weighted by molar-refractivity contribution is 7.96. The van der Waals surface area contributed by atoms with Crippen molar-refractivity contribution in [2.45, 2.75) is 51.0 Å². The molecule has 0 spiro atoms. The lowest BCUT2D eigenvalue weighted by Crippen LogP contribution is -2.05. The molecule has 1 fully saturated rings. The summed E-state index contributed by atoms with van der Waals surface area (Å²) in [5.74, 6) is 0. The first-order valence-corrected chi connectivity index (χ1v) is 7.72. The molecule has 0 aromatic rings. The van der Waals surface area contributed by atoms with Crippen molar-refractivity contribution in [1.29, 1.82) is 0 Å². The molecule has 0 bridgehead atoms. The fourth-order valence-corrected chi connectivity index (χ4v) is 2.89. The van der Waals surface area contributed by atoms with Crippen molar-refractivity contribution in [2.75, 3.05) is 0 Å². The van der Waals surface area contributed by atoms with Gasteiger partial charge in [-0.15, -0.1) is 0 Å². The Balaban J connectivity index is 2.34. The first kappa shape index (κ1) is 10.8. The van der Waals surface area contributed by atoms with Gasteiger partial charge in [-0.2, -0.15) is 0 Å². The van der Waals surface area contributed by atoms with Crippen LogP contribution < -0.4 is 0 Å². The number of hydrogen-bond acceptors (Lipinski definition) is 1. The molecule has 0 aromatic heterocycles. The molecule has 1 saturated carbocycles. The van der Waals surface area contributed by atoms with Crippen LogP contribution in [-0.4, -0.2) is 6.04 Å². The Labute approximate surface area is 84.9 Å². The first-order valence-electron chi connectivity index (χ1n) is 4.61. The van der Waals surface area contributed by atoms with E-state index >= 15 is 0 Å². The molecule has 1 aliphatic carbocycles. The zero-order chi connectivity index (χ0) is 8.81. The zero-order valence-corrected chi connectivity index (χ0v) is 9.58. The van der Waals surface area contributed by atoms with Crippen LogP contribution in [-0.2, 0) is 0 Å². The monoisotopic (exact) mass is 226 g/mol. The Bertz CT molecular complexity index is 149. The highest BCUT2D eigenvalue weighted by atomic mass is 35.9. The van der Waals surface area contributed by atoms with Gasteiger partial charge in [0.05, 0.1) is 6.04 Å². The van der Waals surface area contributed by atoms with E-state index in [0.29, 0.717) is 6.04 Å². The van der Waals surface area contributed by atoms with Gasteiger partial charge in [-0.25, -0.2) is 0 Å². The first-order chi connectivity index (χ1) is 5.79. The van der Waals surface area contributed by atoms with Gasteiger partial charge in [0.1, 0.15) is 0 Å². The van der Waals surface area contributed by atoms with E-state index < -0.39 is 6.42 Å². The normalized spacial score (nSPS) is 21.2. The van der Waals surface area contributed by atoms with E-state index in [-0.39, 0.29) is 0 Å². The Kier molecular flexibility index (Phi) is 5.54. The predicted molar refractivity (Wildman–Crippen MR) is 57.2 cm³/mol. The van der Waals surface area contributed by atoms with Crippen LogP contribution in [0, 0.1) is 0 Å². The van der Waals surface area contributed by atoms with E-state index in [1.807, 2.05) is 0 Å². The molecule has 0 amide bonds. The molecule has 12 heavy (non-hydrogen) atoms. The average Bonchev–Trinajstić information content (AvgIpc) is 1.93. The maximum Gasteiger partial charge on any atom is 0.438 e. The lowest BCUT2D eigenvalue weighted by molar-refractivity contribution is 0.458. The Morgan fingerprint density at radius 1 is 0.917 bits per heavy atom. The van der Waals surface area contributed by atoms with Crippen LogP contribution in [0.5, 0.6) is 0 Å². The molecule has 0 heterocycles. The van der Waals surface area contributed by atoms with Gasteiger partial charge < -0.3 is 0 Å². The highest BCUT2D eigenvalue weighted by Gasteiger charge is 2.15. The molecule has 1 aliphatic rings. The second kappa shape index (κ2) is 6.18. The van der Waals surface area contributed by atoms with Crippen LogP contribution in [0.3, 0.4) is 0 Å². The molecule has 1 nitrogen and oxygen atoms in total. The molecular formula is C8H15Cl2NP+. The molecule has 0 N–H and O–H groups in total. The summed E-state index contributed by atoms with van der Waals surface area (Å²) in [6.07, 6.45) is 8.01. The van der Waals surface area contributed by atoms with Crippen molar-refractivity contribution >= 4 is 28.9 Å². The second-order valence-corrected chi connectivity index (χ2v) is 6.43. The van der Waals surface area contributed by atoms with Gasteiger partial charge in [-0.3, -0.25) is 0 Å². The van der Waals surface area contributed by atoms with Gasteiger partial charge in [-0.1, -0.05) is 36.8 Å². The van der Waals surface area contributed by atoms with Gasteiger partial charge in [0.15, 0.2) is 0 Å². The van der Waals surface area contributed by atoms with Crippen LogP contribution in [0.1, 0.15) is 44.9 Å². The number of rotatable bonds is 1. The Hall–Kier alpha value is 0.680. The molecule has 0 unspecified atom stereocenters. The largest absolute Gasteiger partial charge is 0.438 e. The summed E-state index contributed by atoms with van der Waals surface area (Å²) >= 11 is 11.3. The summed E-state index contributed by atoms with van der Waals surface area (Å²) in [4.78, 5) is 0. The van der Waals surface area contributed by atoms with Crippen LogP contribution in [0.15, 0.2) is 4.74 Å². The van der Waals surface area contributed by atoms with Gasteiger partial charge in [0.2, 0.25) is 22.5 Å². The summed E-state index contributed by atoms with van der Waals surface area (Å²) in [6.45, 7) is 0. The lowest BCUT2D eigenvalue weighted by atomic mass is 9.98. The van der Waals surface area contributed by atoms with E-state index in [1.54, 1.807) is 0 Å². The fourth-order valence-electron chi connectivity index (χ4n) is 1.67. The topological polar surface area (TPSA) is 12.4 Å². The summed E-state index contributed by atoms with van der Waals surface area (Å²) in [7, 11) is 0. The standard InChI is InChI=1S/C8H15Cl2NP/c9-12(10)11-8-6-4-2-1-3-5-7-8/h8H,1-7H2/q+1. The van der Waals surface area contributed by atoms with E-state index in [9.17, 15) is 0 Å². The summed E-state index contributed by atoms with van der Waals surface area (Å²) in [6, 6.07) is 0.450. The molecule has 0 radical (unpaired) electrons. The second-order valence-electron chi connectivity index (χ2n) is 3.33. The molecule has 4 heteroatoms. The maximum atomic E-state index is 5.67. The Morgan fingerprint density at radius 2 is 1.42 bits per heavy atom. The predicted octanol–water partition coefficient (Wildman–Crippen LogP) is 5.07. The van der Waals surface area contributed by atoms with Crippen LogP contribution in [0.2, 0.25) is 0 Å². The molecule has 0 atom stereocenters. The summed E-state index contributed by atoms with van der Waals surface area (Å²) in [5, 5.41) is 0. The van der Waals surface area contributed by atoms with Crippen LogP contribution >= 0.6 is 28.9 Å². The van der Waals surface area contributed by atoms with Gasteiger partial charge in [0, 0.05) is 0 Å². The van der Waals surface area contributed by atoms with E-state index in [1.165, 1.54) is 44.9 Å². The molecular weight excluding hydrogens is 212 g/mol. The maximum absolute atomic E-state index is 5.67. The Morgan fingerprint density at radius 3 is 1.92 bits per heavy atom. The molecule has 0 aromatic carbocycles. The zero-order valence-electron chi connectivity index (χ0n) is 7.18. The SMILES string of the molecule is Cl[P+](Cl)=NC1CCCCCCC1. The van der Waals surface area contributed by atoms with Crippen molar-refractivity contribution in [3.63, 3.8) is 0 Å². The highest BCUT2D eigenvalue weighted by Crippen LogP contribution is 2.39. The van der Waals surface area contributed by atoms with Crippen molar-refractivity contribution in [2.24, 2.45) is 4.74 Å². The minimum absolute atomic E-state index is 0.450. The quantitative estimate of drug-likeness (QED) is 0.554. The van der Waals surface area contributed by atoms with Crippen LogP contribution in [0.4, 0.5) is 0 Å². The number of nitrogens with zero attached hydrogens (tertiary/aromatic N) is 1. The lowest BCUT2D eigenvalue weighted by Gasteiger charge is -2.11. The van der Waals surface area contributed by atoms with Gasteiger partial charge in [-0.05, 0) is 12.8 Å². The van der Waals surface area contributed by atoms with E-state index in [2.05, 4.69) is 4.74 Å². The summed E-state index contributed by atoms with van der Waals surface area (Å²) < 4.78 is 4.33. The number of hydrogen-bond donors (Lipinski definition) is 0. The third-order valence-electron chi connectivity index (χ3n) is 2.33. The third kappa shape index (κ3) is 4.64. The summed E-state index contributed by atoms with van der Waals surface area (Å²) in [5.41, 5.74) is 0. The smallest absolute Gasteiger partial charge is 0.0716 e. The fraction of sp³-hybridized carbons (Fsp3) is 1.00. The van der Waals surface area contributed by atoms with Gasteiger partial charge in [0.25, 0.3) is 0 Å². The van der Waals surface area contributed by atoms with Crippen molar-refractivity contribution in [3.05, 3.63) is 0 Å². The molecule has 0 aliphatic heterocycles. The molecule has 70 valence electrons. The van der Waals surface area contributed by atoms with E-state index in [4.69, 9.17) is 22.5 Å². The molecule has 1 rings (SSSR count). The van der Waals surface area contributed by atoms with Crippen molar-refractivity contribution in [1.82, 2.24) is 0 Å². The number of halogens is 2. The van der Waals surface area contributed by atoms with Gasteiger partial charge >= 0.3 is 6.42 Å². The minimum atomic E-state index is -1.07. The van der Waals surface area contributed by atoms with Crippen molar-refractivity contribution in [3.8, 4) is 0 Å². The third-order valence-corrected chi connectivity index (χ3v) is 3.35. The van der Waals surface area contributed by atoms with E-state index in [0.717, 1.165) is 0 Å². The molecule has 0 saturated heterocycles. The van der Waals surface area contributed by atoms with Crippen LogP contribution in [0.25, 0.3) is 0 Å². The van der Waals surface area contributed by atoms with Crippen molar-refractivity contribution < 1.29 is 0 Å². The minimum Gasteiger partial charge on any atom is -0.0716 e. The average molecular weight is 227 g/mol.